The van der Waals surface area contributed by atoms with Gasteiger partial charge in [0.25, 0.3) is 0 Å². The molecular weight excluding hydrogens is 202 g/mol. The van der Waals surface area contributed by atoms with Crippen LogP contribution in [0.5, 0.6) is 0 Å². The zero-order valence-electron chi connectivity index (χ0n) is 7.61. The van der Waals surface area contributed by atoms with Crippen molar-refractivity contribution in [1.82, 2.24) is 14.3 Å². The maximum Gasteiger partial charge on any atom is 0.349 e. The smallest absolute Gasteiger partial charge is 0.349 e. The minimum Gasteiger partial charge on any atom is -0.477 e. The van der Waals surface area contributed by atoms with Crippen LogP contribution in [0.1, 0.15) is 21.2 Å². The first-order valence-electron chi connectivity index (χ1n) is 3.93. The molecule has 2 aromatic heterocycles. The number of aryl methyl sites for hydroxylation is 2. The summed E-state index contributed by atoms with van der Waals surface area (Å²) in [4.78, 5) is 19.2. The standard InChI is InChI=1S/C8H7N3O2S/c1-3-5-6(10-4(2)9-3)7(8(12)13)14-11-5/h1-2H3,(H,12,13). The number of aromatic carboxylic acids is 1. The van der Waals surface area contributed by atoms with Crippen LogP contribution in [0.2, 0.25) is 0 Å². The first-order valence-corrected chi connectivity index (χ1v) is 4.71. The zero-order valence-corrected chi connectivity index (χ0v) is 8.42. The van der Waals surface area contributed by atoms with Gasteiger partial charge in [0.15, 0.2) is 4.88 Å². The van der Waals surface area contributed by atoms with Gasteiger partial charge in [-0.05, 0) is 25.4 Å². The average molecular weight is 209 g/mol. The number of hydrogen-bond donors (Lipinski definition) is 1. The van der Waals surface area contributed by atoms with Crippen LogP contribution in [-0.4, -0.2) is 25.4 Å². The van der Waals surface area contributed by atoms with Crippen molar-refractivity contribution in [2.75, 3.05) is 0 Å². The number of aromatic nitrogens is 3. The second-order valence-electron chi connectivity index (χ2n) is 2.87. The fourth-order valence-corrected chi connectivity index (χ4v) is 1.96. The van der Waals surface area contributed by atoms with Crippen LogP contribution in [0.4, 0.5) is 0 Å². The van der Waals surface area contributed by atoms with E-state index in [4.69, 9.17) is 5.11 Å². The minimum absolute atomic E-state index is 0.175. The second kappa shape index (κ2) is 2.98. The Bertz CT molecular complexity index is 521. The van der Waals surface area contributed by atoms with Crippen molar-refractivity contribution in [3.05, 3.63) is 16.4 Å². The Morgan fingerprint density at radius 3 is 2.64 bits per heavy atom. The van der Waals surface area contributed by atoms with Gasteiger partial charge in [-0.1, -0.05) is 0 Å². The molecule has 2 rings (SSSR count). The molecule has 14 heavy (non-hydrogen) atoms. The monoisotopic (exact) mass is 209 g/mol. The summed E-state index contributed by atoms with van der Waals surface area (Å²) in [5, 5.41) is 8.86. The van der Waals surface area contributed by atoms with E-state index in [0.29, 0.717) is 16.9 Å². The Labute approximate surface area is 83.6 Å². The number of rotatable bonds is 1. The van der Waals surface area contributed by atoms with Crippen LogP contribution in [0.15, 0.2) is 0 Å². The first-order chi connectivity index (χ1) is 6.59. The minimum atomic E-state index is -0.991. The third-order valence-electron chi connectivity index (χ3n) is 1.81. The lowest BCUT2D eigenvalue weighted by molar-refractivity contribution is 0.0704. The third kappa shape index (κ3) is 1.24. The zero-order chi connectivity index (χ0) is 10.3. The van der Waals surface area contributed by atoms with Gasteiger partial charge in [0.1, 0.15) is 16.9 Å². The fraction of sp³-hybridized carbons (Fsp3) is 0.250. The molecular formula is C8H7N3O2S. The molecule has 0 saturated carbocycles. The first kappa shape index (κ1) is 9.01. The summed E-state index contributed by atoms with van der Waals surface area (Å²) < 4.78 is 4.02. The predicted octanol–water partition coefficient (Wildman–Crippen LogP) is 1.40. The SMILES string of the molecule is Cc1nc(C)c2nsc(C(=O)O)c2n1. The Kier molecular flexibility index (Phi) is 1.92. The number of carbonyl (C=O) groups is 1. The summed E-state index contributed by atoms with van der Waals surface area (Å²) in [7, 11) is 0. The molecule has 0 amide bonds. The van der Waals surface area contributed by atoms with Gasteiger partial charge in [-0.25, -0.2) is 14.8 Å². The lowest BCUT2D eigenvalue weighted by Gasteiger charge is -1.96. The van der Waals surface area contributed by atoms with Gasteiger partial charge in [-0.15, -0.1) is 0 Å². The van der Waals surface area contributed by atoms with E-state index in [-0.39, 0.29) is 4.88 Å². The molecule has 0 radical (unpaired) electrons. The maximum atomic E-state index is 10.8. The van der Waals surface area contributed by atoms with Crippen LogP contribution in [-0.2, 0) is 0 Å². The third-order valence-corrected chi connectivity index (χ3v) is 2.63. The van der Waals surface area contributed by atoms with Crippen molar-refractivity contribution in [2.45, 2.75) is 13.8 Å². The molecule has 0 fully saturated rings. The van der Waals surface area contributed by atoms with Crippen molar-refractivity contribution < 1.29 is 9.90 Å². The van der Waals surface area contributed by atoms with Crippen LogP contribution in [0, 0.1) is 13.8 Å². The quantitative estimate of drug-likeness (QED) is 0.768. The molecule has 0 saturated heterocycles. The van der Waals surface area contributed by atoms with Crippen molar-refractivity contribution in [1.29, 1.82) is 0 Å². The Hall–Kier alpha value is -1.56. The summed E-state index contributed by atoms with van der Waals surface area (Å²) in [6.07, 6.45) is 0. The highest BCUT2D eigenvalue weighted by Gasteiger charge is 2.16. The van der Waals surface area contributed by atoms with Gasteiger partial charge in [0.05, 0.1) is 5.69 Å². The van der Waals surface area contributed by atoms with E-state index in [1.54, 1.807) is 13.8 Å². The molecule has 2 aromatic rings. The topological polar surface area (TPSA) is 76.0 Å². The van der Waals surface area contributed by atoms with E-state index >= 15 is 0 Å². The molecule has 0 bridgehead atoms. The molecule has 72 valence electrons. The predicted molar refractivity (Wildman–Crippen MR) is 51.6 cm³/mol. The Balaban J connectivity index is 2.85. The molecule has 1 N–H and O–H groups in total. The van der Waals surface area contributed by atoms with Gasteiger partial charge in [-0.3, -0.25) is 0 Å². The summed E-state index contributed by atoms with van der Waals surface area (Å²) in [5.41, 5.74) is 1.74. The summed E-state index contributed by atoms with van der Waals surface area (Å²) >= 11 is 0.942. The average Bonchev–Trinajstić information content (AvgIpc) is 2.47. The number of nitrogens with zero attached hydrogens (tertiary/aromatic N) is 3. The molecule has 0 aromatic carbocycles. The van der Waals surface area contributed by atoms with Gasteiger partial charge in [-0.2, -0.15) is 4.37 Å². The van der Waals surface area contributed by atoms with Crippen LogP contribution in [0.3, 0.4) is 0 Å². The van der Waals surface area contributed by atoms with E-state index in [2.05, 4.69) is 14.3 Å². The lowest BCUT2D eigenvalue weighted by Crippen LogP contribution is -1.97. The van der Waals surface area contributed by atoms with E-state index in [0.717, 1.165) is 17.2 Å². The molecule has 0 aliphatic rings. The molecule has 0 spiro atoms. The number of carboxylic acid groups (broad SMARTS) is 1. The highest BCUT2D eigenvalue weighted by atomic mass is 32.1. The van der Waals surface area contributed by atoms with Gasteiger partial charge in [0, 0.05) is 0 Å². The fourth-order valence-electron chi connectivity index (χ4n) is 1.25. The molecule has 6 heteroatoms. The molecule has 0 unspecified atom stereocenters. The van der Waals surface area contributed by atoms with Crippen LogP contribution in [0.25, 0.3) is 11.0 Å². The van der Waals surface area contributed by atoms with E-state index in [9.17, 15) is 4.79 Å². The Morgan fingerprint density at radius 2 is 2.00 bits per heavy atom. The van der Waals surface area contributed by atoms with Crippen molar-refractivity contribution in [2.24, 2.45) is 0 Å². The van der Waals surface area contributed by atoms with E-state index < -0.39 is 5.97 Å². The highest BCUT2D eigenvalue weighted by molar-refractivity contribution is 7.09. The molecule has 2 heterocycles. The normalized spacial score (nSPS) is 10.7. The summed E-state index contributed by atoms with van der Waals surface area (Å²) in [6.45, 7) is 3.53. The molecule has 5 nitrogen and oxygen atoms in total. The number of carboxylic acids is 1. The second-order valence-corrected chi connectivity index (χ2v) is 3.64. The lowest BCUT2D eigenvalue weighted by atomic mass is 10.3. The van der Waals surface area contributed by atoms with Gasteiger partial charge >= 0.3 is 5.97 Å². The summed E-state index contributed by atoms with van der Waals surface area (Å²) in [6, 6.07) is 0. The van der Waals surface area contributed by atoms with E-state index in [1.807, 2.05) is 0 Å². The number of fused-ring (bicyclic) bond motifs is 1. The highest BCUT2D eigenvalue weighted by Crippen LogP contribution is 2.22. The van der Waals surface area contributed by atoms with Gasteiger partial charge < -0.3 is 5.11 Å². The van der Waals surface area contributed by atoms with Crippen LogP contribution < -0.4 is 0 Å². The van der Waals surface area contributed by atoms with Gasteiger partial charge in [0.2, 0.25) is 0 Å². The van der Waals surface area contributed by atoms with E-state index in [1.165, 1.54) is 0 Å². The molecule has 0 atom stereocenters. The Morgan fingerprint density at radius 1 is 1.29 bits per heavy atom. The number of hydrogen-bond acceptors (Lipinski definition) is 5. The molecule has 0 aliphatic carbocycles. The van der Waals surface area contributed by atoms with Crippen LogP contribution >= 0.6 is 11.5 Å². The maximum absolute atomic E-state index is 10.8. The summed E-state index contributed by atoms with van der Waals surface area (Å²) in [5.74, 6) is -0.423. The van der Waals surface area contributed by atoms with Crippen molar-refractivity contribution in [3.63, 3.8) is 0 Å². The van der Waals surface area contributed by atoms with Crippen molar-refractivity contribution in [3.8, 4) is 0 Å². The van der Waals surface area contributed by atoms with Crippen molar-refractivity contribution >= 4 is 28.5 Å². The largest absolute Gasteiger partial charge is 0.477 e. The molecule has 0 aliphatic heterocycles.